The second-order valence-electron chi connectivity index (χ2n) is 5.93. The number of rotatable bonds is 6. The van der Waals surface area contributed by atoms with Crippen LogP contribution in [0.15, 0.2) is 48.5 Å². The summed E-state index contributed by atoms with van der Waals surface area (Å²) in [5.74, 6) is -0.761. The molecule has 0 heterocycles. The maximum absolute atomic E-state index is 13.1. The summed E-state index contributed by atoms with van der Waals surface area (Å²) in [4.78, 5) is 25.3. The normalized spacial score (nSPS) is 10.7. The highest BCUT2D eigenvalue weighted by Gasteiger charge is 2.18. The maximum atomic E-state index is 13.1. The summed E-state index contributed by atoms with van der Waals surface area (Å²) >= 11 is 0. The van der Waals surface area contributed by atoms with E-state index in [9.17, 15) is 14.0 Å². The van der Waals surface area contributed by atoms with E-state index < -0.39 is 5.91 Å². The molecule has 0 aliphatic heterocycles. The molecule has 2 aromatic rings. The summed E-state index contributed by atoms with van der Waals surface area (Å²) in [6, 6.07) is 12.9. The molecule has 0 spiro atoms. The number of carbonyl (C=O) groups excluding carboxylic acids is 2. The van der Waals surface area contributed by atoms with Crippen molar-refractivity contribution in [1.82, 2.24) is 0 Å². The van der Waals surface area contributed by atoms with Crippen molar-refractivity contribution in [2.24, 2.45) is 5.73 Å². The Morgan fingerprint density at radius 1 is 1.04 bits per heavy atom. The Bertz CT molecular complexity index is 709. The fourth-order valence-corrected chi connectivity index (χ4v) is 2.36. The molecule has 0 saturated heterocycles. The summed E-state index contributed by atoms with van der Waals surface area (Å²) in [6.45, 7) is 4.30. The highest BCUT2D eigenvalue weighted by atomic mass is 19.1. The van der Waals surface area contributed by atoms with Gasteiger partial charge in [-0.05, 0) is 47.9 Å². The number of nitrogens with zero attached hydrogens (tertiary/aromatic N) is 1. The Kier molecular flexibility index (Phi) is 5.68. The van der Waals surface area contributed by atoms with Crippen molar-refractivity contribution in [3.05, 3.63) is 65.5 Å². The molecule has 2 rings (SSSR count). The number of halogens is 1. The zero-order chi connectivity index (χ0) is 17.7. The molecule has 5 heteroatoms. The van der Waals surface area contributed by atoms with Gasteiger partial charge in [-0.3, -0.25) is 9.59 Å². The van der Waals surface area contributed by atoms with Crippen LogP contribution in [0, 0.1) is 5.82 Å². The molecule has 0 radical (unpaired) electrons. The summed E-state index contributed by atoms with van der Waals surface area (Å²) < 4.78 is 13.1. The van der Waals surface area contributed by atoms with E-state index in [1.165, 1.54) is 29.2 Å². The fourth-order valence-electron chi connectivity index (χ4n) is 2.36. The first kappa shape index (κ1) is 17.7. The van der Waals surface area contributed by atoms with Crippen molar-refractivity contribution in [3.63, 3.8) is 0 Å². The van der Waals surface area contributed by atoms with Gasteiger partial charge in [0.2, 0.25) is 5.91 Å². The van der Waals surface area contributed by atoms with Gasteiger partial charge in [-0.15, -0.1) is 0 Å². The van der Waals surface area contributed by atoms with Gasteiger partial charge in [-0.2, -0.15) is 0 Å². The van der Waals surface area contributed by atoms with Gasteiger partial charge in [0.1, 0.15) is 5.82 Å². The molecule has 0 aromatic heterocycles. The van der Waals surface area contributed by atoms with Crippen LogP contribution in [0.1, 0.15) is 42.1 Å². The van der Waals surface area contributed by atoms with E-state index in [4.69, 9.17) is 5.73 Å². The second kappa shape index (κ2) is 7.73. The standard InChI is InChI=1S/C19H21FN2O2/c1-13(2)14-3-5-15(6-4-14)19(24)22(12-11-18(21)23)17-9-7-16(20)8-10-17/h3-10,13H,11-12H2,1-2H3,(H2,21,23). The van der Waals surface area contributed by atoms with Gasteiger partial charge in [0.05, 0.1) is 0 Å². The minimum Gasteiger partial charge on any atom is -0.370 e. The van der Waals surface area contributed by atoms with E-state index in [-0.39, 0.29) is 24.7 Å². The van der Waals surface area contributed by atoms with Gasteiger partial charge in [0.15, 0.2) is 0 Å². The van der Waals surface area contributed by atoms with Crippen molar-refractivity contribution in [2.75, 3.05) is 11.4 Å². The fraction of sp³-hybridized carbons (Fsp3) is 0.263. The molecule has 0 unspecified atom stereocenters. The molecule has 0 saturated carbocycles. The molecule has 2 aromatic carbocycles. The van der Waals surface area contributed by atoms with Crippen molar-refractivity contribution in [2.45, 2.75) is 26.2 Å². The highest BCUT2D eigenvalue weighted by molar-refractivity contribution is 6.06. The largest absolute Gasteiger partial charge is 0.370 e. The number of carbonyl (C=O) groups is 2. The number of primary amides is 1. The first-order valence-electron chi connectivity index (χ1n) is 7.84. The Hall–Kier alpha value is -2.69. The van der Waals surface area contributed by atoms with Crippen LogP contribution >= 0.6 is 0 Å². The molecular formula is C19H21FN2O2. The summed E-state index contributed by atoms with van der Waals surface area (Å²) in [5, 5.41) is 0. The number of hydrogen-bond acceptors (Lipinski definition) is 2. The zero-order valence-electron chi connectivity index (χ0n) is 13.8. The molecule has 0 aliphatic rings. The molecule has 4 nitrogen and oxygen atoms in total. The lowest BCUT2D eigenvalue weighted by atomic mass is 10.0. The lowest BCUT2D eigenvalue weighted by Gasteiger charge is -2.22. The average Bonchev–Trinajstić information content (AvgIpc) is 2.56. The first-order chi connectivity index (χ1) is 11.4. The molecule has 0 aliphatic carbocycles. The van der Waals surface area contributed by atoms with Gasteiger partial charge in [-0.25, -0.2) is 4.39 Å². The number of anilines is 1. The minimum absolute atomic E-state index is 0.0349. The molecule has 0 atom stereocenters. The van der Waals surface area contributed by atoms with Crippen molar-refractivity contribution >= 4 is 17.5 Å². The minimum atomic E-state index is -0.495. The first-order valence-corrected chi connectivity index (χ1v) is 7.84. The summed E-state index contributed by atoms with van der Waals surface area (Å²) in [6.07, 6.45) is 0.0349. The number of benzene rings is 2. The predicted octanol–water partition coefficient (Wildman–Crippen LogP) is 3.47. The quantitative estimate of drug-likeness (QED) is 0.882. The summed E-state index contributed by atoms with van der Waals surface area (Å²) in [5.41, 5.74) is 7.37. The van der Waals surface area contributed by atoms with E-state index in [0.717, 1.165) is 5.56 Å². The lowest BCUT2D eigenvalue weighted by molar-refractivity contribution is -0.117. The van der Waals surface area contributed by atoms with E-state index in [1.54, 1.807) is 12.1 Å². The second-order valence-corrected chi connectivity index (χ2v) is 5.93. The number of nitrogens with two attached hydrogens (primary N) is 1. The van der Waals surface area contributed by atoms with E-state index >= 15 is 0 Å². The topological polar surface area (TPSA) is 63.4 Å². The Balaban J connectivity index is 2.29. The van der Waals surface area contributed by atoms with E-state index in [0.29, 0.717) is 17.2 Å². The average molecular weight is 328 g/mol. The predicted molar refractivity (Wildman–Crippen MR) is 92.4 cm³/mol. The van der Waals surface area contributed by atoms with Crippen LogP contribution in [-0.4, -0.2) is 18.4 Å². The van der Waals surface area contributed by atoms with Gasteiger partial charge in [-0.1, -0.05) is 26.0 Å². The third-order valence-corrected chi connectivity index (χ3v) is 3.79. The van der Waals surface area contributed by atoms with Crippen LogP contribution in [0.3, 0.4) is 0 Å². The van der Waals surface area contributed by atoms with Crippen molar-refractivity contribution in [3.8, 4) is 0 Å². The monoisotopic (exact) mass is 328 g/mol. The van der Waals surface area contributed by atoms with Crippen molar-refractivity contribution < 1.29 is 14.0 Å². The highest BCUT2D eigenvalue weighted by Crippen LogP contribution is 2.20. The summed E-state index contributed by atoms with van der Waals surface area (Å²) in [7, 11) is 0. The smallest absolute Gasteiger partial charge is 0.258 e. The molecule has 2 amide bonds. The number of hydrogen-bond donors (Lipinski definition) is 1. The van der Waals surface area contributed by atoms with E-state index in [2.05, 4.69) is 13.8 Å². The Morgan fingerprint density at radius 3 is 2.12 bits per heavy atom. The third-order valence-electron chi connectivity index (χ3n) is 3.79. The van der Waals surface area contributed by atoms with E-state index in [1.807, 2.05) is 12.1 Å². The molecule has 0 fully saturated rings. The molecule has 0 bridgehead atoms. The van der Waals surface area contributed by atoms with Gasteiger partial charge in [0, 0.05) is 24.2 Å². The van der Waals surface area contributed by atoms with Gasteiger partial charge < -0.3 is 10.6 Å². The number of amides is 2. The Labute approximate surface area is 141 Å². The van der Waals surface area contributed by atoms with Crippen LogP contribution < -0.4 is 10.6 Å². The maximum Gasteiger partial charge on any atom is 0.258 e. The molecule has 24 heavy (non-hydrogen) atoms. The molecule has 2 N–H and O–H groups in total. The Morgan fingerprint density at radius 2 is 1.62 bits per heavy atom. The van der Waals surface area contributed by atoms with Crippen LogP contribution in [0.2, 0.25) is 0 Å². The zero-order valence-corrected chi connectivity index (χ0v) is 13.8. The SMILES string of the molecule is CC(C)c1ccc(C(=O)N(CCC(N)=O)c2ccc(F)cc2)cc1. The lowest BCUT2D eigenvalue weighted by Crippen LogP contribution is -2.34. The molecular weight excluding hydrogens is 307 g/mol. The van der Waals surface area contributed by atoms with Crippen LogP contribution in [0.4, 0.5) is 10.1 Å². The van der Waals surface area contributed by atoms with Crippen LogP contribution in [0.5, 0.6) is 0 Å². The van der Waals surface area contributed by atoms with Crippen molar-refractivity contribution in [1.29, 1.82) is 0 Å². The molecule has 126 valence electrons. The van der Waals surface area contributed by atoms with Gasteiger partial charge in [0.25, 0.3) is 5.91 Å². The third kappa shape index (κ3) is 4.41. The van der Waals surface area contributed by atoms with Crippen LogP contribution in [-0.2, 0) is 4.79 Å². The van der Waals surface area contributed by atoms with Gasteiger partial charge >= 0.3 is 0 Å². The van der Waals surface area contributed by atoms with Crippen LogP contribution in [0.25, 0.3) is 0 Å².